The number of aromatic amines is 1. The highest BCUT2D eigenvalue weighted by Crippen LogP contribution is 2.28. The Labute approximate surface area is 195 Å². The third-order valence-electron chi connectivity index (χ3n) is 5.88. The fourth-order valence-electron chi connectivity index (χ4n) is 3.95. The van der Waals surface area contributed by atoms with Crippen molar-refractivity contribution in [3.63, 3.8) is 0 Å². The lowest BCUT2D eigenvalue weighted by molar-refractivity contribution is 0.134. The minimum atomic E-state index is 0.0353. The number of benzene rings is 2. The number of amides is 2. The van der Waals surface area contributed by atoms with E-state index in [4.69, 9.17) is 9.47 Å². The van der Waals surface area contributed by atoms with Crippen LogP contribution in [0.25, 0.3) is 11.3 Å². The number of carbonyl (C=O) groups excluding carboxylic acids is 1. The van der Waals surface area contributed by atoms with Gasteiger partial charge in [-0.2, -0.15) is 0 Å². The molecule has 1 saturated heterocycles. The van der Waals surface area contributed by atoms with Gasteiger partial charge in [0, 0.05) is 50.4 Å². The van der Waals surface area contributed by atoms with Crippen LogP contribution in [0.5, 0.6) is 0 Å². The number of rotatable bonds is 10. The van der Waals surface area contributed by atoms with Crippen LogP contribution in [0.2, 0.25) is 0 Å². The first kappa shape index (κ1) is 22.9. The number of ether oxygens (including phenoxy) is 2. The first-order chi connectivity index (χ1) is 16.1. The van der Waals surface area contributed by atoms with Crippen molar-refractivity contribution in [2.75, 3.05) is 50.2 Å². The Hall–Kier alpha value is -3.29. The van der Waals surface area contributed by atoms with Gasteiger partial charge in [0.2, 0.25) is 0 Å². The molecule has 1 aromatic heterocycles. The minimum Gasteiger partial charge on any atom is -0.383 e. The zero-order valence-electron chi connectivity index (χ0n) is 19.6. The van der Waals surface area contributed by atoms with Crippen LogP contribution in [-0.4, -0.2) is 55.9 Å². The summed E-state index contributed by atoms with van der Waals surface area (Å²) in [4.78, 5) is 19.7. The second-order valence-electron chi connectivity index (χ2n) is 8.16. The van der Waals surface area contributed by atoms with Gasteiger partial charge in [-0.3, -0.25) is 4.90 Å². The quantitative estimate of drug-likeness (QED) is 0.450. The molecule has 0 saturated carbocycles. The van der Waals surface area contributed by atoms with Crippen molar-refractivity contribution in [1.29, 1.82) is 0 Å². The molecule has 7 heteroatoms. The van der Waals surface area contributed by atoms with Gasteiger partial charge in [0.25, 0.3) is 0 Å². The fourth-order valence-corrected chi connectivity index (χ4v) is 3.95. The summed E-state index contributed by atoms with van der Waals surface area (Å²) in [5.74, 6) is 0.925. The summed E-state index contributed by atoms with van der Waals surface area (Å²) in [6.07, 6.45) is 0. The molecule has 1 aliphatic heterocycles. The molecule has 174 valence electrons. The van der Waals surface area contributed by atoms with Gasteiger partial charge in [0.1, 0.15) is 5.82 Å². The Bertz CT molecular complexity index is 1080. The molecule has 0 atom stereocenters. The number of H-pyrrole nitrogens is 1. The maximum atomic E-state index is 12.6. The van der Waals surface area contributed by atoms with Crippen LogP contribution in [0.15, 0.2) is 54.6 Å². The van der Waals surface area contributed by atoms with Crippen molar-refractivity contribution in [1.82, 2.24) is 9.88 Å². The van der Waals surface area contributed by atoms with Gasteiger partial charge < -0.3 is 24.7 Å². The van der Waals surface area contributed by atoms with E-state index in [9.17, 15) is 4.79 Å². The van der Waals surface area contributed by atoms with Crippen LogP contribution in [-0.2, 0) is 16.1 Å². The second kappa shape index (κ2) is 10.6. The molecule has 0 bridgehead atoms. The molecule has 2 aromatic carbocycles. The van der Waals surface area contributed by atoms with Crippen molar-refractivity contribution in [3.8, 4) is 11.3 Å². The number of carbonyl (C=O) groups is 1. The maximum absolute atomic E-state index is 12.6. The van der Waals surface area contributed by atoms with Gasteiger partial charge in [0.15, 0.2) is 0 Å². The molecule has 2 heterocycles. The third kappa shape index (κ3) is 5.38. The van der Waals surface area contributed by atoms with Crippen LogP contribution < -0.4 is 10.2 Å². The summed E-state index contributed by atoms with van der Waals surface area (Å²) in [6, 6.07) is 18.6. The predicted octanol–water partition coefficient (Wildman–Crippen LogP) is 5.16. The highest BCUT2D eigenvalue weighted by molar-refractivity contribution is 5.94. The molecule has 3 aromatic rings. The molecule has 4 rings (SSSR count). The van der Waals surface area contributed by atoms with E-state index in [2.05, 4.69) is 41.5 Å². The lowest BCUT2D eigenvalue weighted by Crippen LogP contribution is -2.33. The molecular weight excluding hydrogens is 416 g/mol. The summed E-state index contributed by atoms with van der Waals surface area (Å²) >= 11 is 0. The number of hydrogen-bond acceptors (Lipinski definition) is 4. The van der Waals surface area contributed by atoms with E-state index >= 15 is 0 Å². The normalized spacial score (nSPS) is 13.7. The molecule has 0 radical (unpaired) electrons. The Morgan fingerprint density at radius 1 is 1.06 bits per heavy atom. The summed E-state index contributed by atoms with van der Waals surface area (Å²) in [7, 11) is 1.65. The minimum absolute atomic E-state index is 0.0353. The van der Waals surface area contributed by atoms with Crippen molar-refractivity contribution < 1.29 is 14.3 Å². The summed E-state index contributed by atoms with van der Waals surface area (Å²) in [5.41, 5.74) is 6.37. The van der Waals surface area contributed by atoms with Gasteiger partial charge >= 0.3 is 6.03 Å². The monoisotopic (exact) mass is 448 g/mol. The molecule has 0 aliphatic carbocycles. The van der Waals surface area contributed by atoms with E-state index in [0.29, 0.717) is 32.9 Å². The molecule has 0 unspecified atom stereocenters. The molecule has 7 nitrogen and oxygen atoms in total. The maximum Gasteiger partial charge on any atom is 0.324 e. The summed E-state index contributed by atoms with van der Waals surface area (Å²) in [5, 5.41) is 3.48. The van der Waals surface area contributed by atoms with E-state index in [0.717, 1.165) is 40.6 Å². The standard InChI is InChI=1S/C26H32N4O3/c1-4-33-18-20-6-5-19(2)24(17-20)28-25-12-11-23(27-25)21-7-9-22(10-8-21)30-14-13-29(26(30)31)15-16-32-3/h5-12,17,27-28H,4,13-16,18H2,1-3H3. The molecule has 1 aliphatic rings. The van der Waals surface area contributed by atoms with Crippen LogP contribution in [0.1, 0.15) is 18.1 Å². The number of methoxy groups -OCH3 is 1. The first-order valence-corrected chi connectivity index (χ1v) is 11.4. The zero-order valence-corrected chi connectivity index (χ0v) is 19.6. The predicted molar refractivity (Wildman–Crippen MR) is 132 cm³/mol. The zero-order chi connectivity index (χ0) is 23.2. The highest BCUT2D eigenvalue weighted by atomic mass is 16.5. The third-order valence-corrected chi connectivity index (χ3v) is 5.88. The molecule has 0 spiro atoms. The van der Waals surface area contributed by atoms with E-state index in [-0.39, 0.29) is 6.03 Å². The number of urea groups is 1. The van der Waals surface area contributed by atoms with E-state index in [1.165, 1.54) is 5.56 Å². The largest absolute Gasteiger partial charge is 0.383 e. The molecule has 1 fully saturated rings. The lowest BCUT2D eigenvalue weighted by Gasteiger charge is -2.18. The average Bonchev–Trinajstić information content (AvgIpc) is 3.45. The highest BCUT2D eigenvalue weighted by Gasteiger charge is 2.29. The SMILES string of the molecule is CCOCc1ccc(C)c(Nc2ccc(-c3ccc(N4CCN(CCOC)C4=O)cc3)[nH]2)c1. The van der Waals surface area contributed by atoms with Gasteiger partial charge in [0.05, 0.1) is 13.2 Å². The number of nitrogens with zero attached hydrogens (tertiary/aromatic N) is 2. The van der Waals surface area contributed by atoms with E-state index in [1.54, 1.807) is 7.11 Å². The number of anilines is 3. The van der Waals surface area contributed by atoms with Gasteiger partial charge in [-0.05, 0) is 60.9 Å². The molecule has 33 heavy (non-hydrogen) atoms. The van der Waals surface area contributed by atoms with E-state index < -0.39 is 0 Å². The number of aromatic nitrogens is 1. The molecule has 2 amide bonds. The fraction of sp³-hybridized carbons (Fsp3) is 0.346. The van der Waals surface area contributed by atoms with Crippen LogP contribution in [0.4, 0.5) is 22.0 Å². The molecular formula is C26H32N4O3. The molecule has 2 N–H and O–H groups in total. The van der Waals surface area contributed by atoms with Crippen molar-refractivity contribution >= 4 is 23.2 Å². The Morgan fingerprint density at radius 3 is 2.64 bits per heavy atom. The van der Waals surface area contributed by atoms with E-state index in [1.807, 2.05) is 47.1 Å². The van der Waals surface area contributed by atoms with Crippen LogP contribution in [0.3, 0.4) is 0 Å². The second-order valence-corrected chi connectivity index (χ2v) is 8.16. The number of nitrogens with one attached hydrogen (secondary N) is 2. The average molecular weight is 449 g/mol. The van der Waals surface area contributed by atoms with Gasteiger partial charge in [-0.1, -0.05) is 24.3 Å². The van der Waals surface area contributed by atoms with Crippen LogP contribution in [0, 0.1) is 6.92 Å². The Kier molecular flexibility index (Phi) is 7.32. The van der Waals surface area contributed by atoms with Crippen LogP contribution >= 0.6 is 0 Å². The summed E-state index contributed by atoms with van der Waals surface area (Å²) in [6.45, 7) is 7.99. The lowest BCUT2D eigenvalue weighted by atomic mass is 10.1. The van der Waals surface area contributed by atoms with Gasteiger partial charge in [-0.25, -0.2) is 4.79 Å². The topological polar surface area (TPSA) is 69.8 Å². The number of aryl methyl sites for hydroxylation is 1. The van der Waals surface area contributed by atoms with Gasteiger partial charge in [-0.15, -0.1) is 0 Å². The van der Waals surface area contributed by atoms with Crippen molar-refractivity contribution in [3.05, 3.63) is 65.7 Å². The smallest absolute Gasteiger partial charge is 0.324 e. The number of hydrogen-bond donors (Lipinski definition) is 2. The van der Waals surface area contributed by atoms with Crippen molar-refractivity contribution in [2.24, 2.45) is 0 Å². The summed E-state index contributed by atoms with van der Waals surface area (Å²) < 4.78 is 10.6. The van der Waals surface area contributed by atoms with Crippen molar-refractivity contribution in [2.45, 2.75) is 20.5 Å². The Morgan fingerprint density at radius 2 is 1.88 bits per heavy atom. The first-order valence-electron chi connectivity index (χ1n) is 11.4. The Balaban J connectivity index is 1.43.